The van der Waals surface area contributed by atoms with E-state index in [0.29, 0.717) is 11.6 Å². The molecular formula is C14H20ClNO2. The van der Waals surface area contributed by atoms with Gasteiger partial charge in [-0.2, -0.15) is 0 Å². The van der Waals surface area contributed by atoms with Crippen LogP contribution in [0.5, 0.6) is 0 Å². The summed E-state index contributed by atoms with van der Waals surface area (Å²) in [4.78, 5) is 2.11. The van der Waals surface area contributed by atoms with E-state index in [1.807, 2.05) is 19.1 Å². The first-order valence-electron chi connectivity index (χ1n) is 6.34. The van der Waals surface area contributed by atoms with Crippen LogP contribution in [0.1, 0.15) is 38.4 Å². The number of halogens is 1. The van der Waals surface area contributed by atoms with E-state index in [0.717, 1.165) is 30.6 Å². The molecule has 1 heterocycles. The molecule has 0 bridgehead atoms. The van der Waals surface area contributed by atoms with Gasteiger partial charge in [-0.1, -0.05) is 17.7 Å². The first kappa shape index (κ1) is 13.7. The summed E-state index contributed by atoms with van der Waals surface area (Å²) in [6, 6.07) is 5.60. The second-order valence-electron chi connectivity index (χ2n) is 5.41. The molecule has 2 rings (SSSR count). The molecule has 3 nitrogen and oxygen atoms in total. The van der Waals surface area contributed by atoms with E-state index in [4.69, 9.17) is 11.6 Å². The van der Waals surface area contributed by atoms with Gasteiger partial charge in [-0.05, 0) is 44.4 Å². The molecule has 0 amide bonds. The molecule has 1 aliphatic rings. The van der Waals surface area contributed by atoms with Crippen LogP contribution in [0, 0.1) is 0 Å². The molecule has 4 heteroatoms. The van der Waals surface area contributed by atoms with Gasteiger partial charge < -0.3 is 15.1 Å². The minimum atomic E-state index is -0.648. The van der Waals surface area contributed by atoms with E-state index in [-0.39, 0.29) is 0 Å². The molecule has 1 aromatic carbocycles. The van der Waals surface area contributed by atoms with Gasteiger partial charge in [0, 0.05) is 13.1 Å². The second-order valence-corrected chi connectivity index (χ2v) is 5.82. The maximum atomic E-state index is 10.1. The highest BCUT2D eigenvalue weighted by molar-refractivity contribution is 6.33. The summed E-state index contributed by atoms with van der Waals surface area (Å²) in [5, 5.41) is 20.3. The monoisotopic (exact) mass is 269 g/mol. The first-order chi connectivity index (χ1) is 8.39. The summed E-state index contributed by atoms with van der Waals surface area (Å²) in [7, 11) is 0. The highest BCUT2D eigenvalue weighted by Gasteiger charge is 2.29. The standard InChI is InChI=1S/C14H20ClNO2/c1-10(17)11-4-5-13(12(15)8-11)16-7-3-6-14(2,18)9-16/h4-5,8,10,17-18H,3,6-7,9H2,1-2H3/t10-,14?/m1/s1. The topological polar surface area (TPSA) is 43.7 Å². The van der Waals surface area contributed by atoms with Gasteiger partial charge in [0.05, 0.1) is 22.4 Å². The number of hydrogen-bond acceptors (Lipinski definition) is 3. The van der Waals surface area contributed by atoms with Crippen LogP contribution < -0.4 is 4.90 Å². The van der Waals surface area contributed by atoms with Crippen molar-refractivity contribution in [3.8, 4) is 0 Å². The van der Waals surface area contributed by atoms with Crippen molar-refractivity contribution in [3.05, 3.63) is 28.8 Å². The molecule has 1 aromatic rings. The molecule has 1 aliphatic heterocycles. The van der Waals surface area contributed by atoms with Gasteiger partial charge in [-0.25, -0.2) is 0 Å². The predicted molar refractivity (Wildman–Crippen MR) is 74.2 cm³/mol. The number of aliphatic hydroxyl groups excluding tert-OH is 1. The average Bonchev–Trinajstić information content (AvgIpc) is 2.27. The number of nitrogens with zero attached hydrogens (tertiary/aromatic N) is 1. The number of aliphatic hydroxyl groups is 2. The molecule has 0 aromatic heterocycles. The Hall–Kier alpha value is -0.770. The van der Waals surface area contributed by atoms with Crippen LogP contribution in [0.25, 0.3) is 0 Å². The summed E-state index contributed by atoms with van der Waals surface area (Å²) in [5.74, 6) is 0. The summed E-state index contributed by atoms with van der Waals surface area (Å²) in [6.45, 7) is 5.08. The third-order valence-electron chi connectivity index (χ3n) is 3.47. The molecule has 1 fully saturated rings. The fraction of sp³-hybridized carbons (Fsp3) is 0.571. The van der Waals surface area contributed by atoms with Crippen LogP contribution in [0.2, 0.25) is 5.02 Å². The Morgan fingerprint density at radius 1 is 1.44 bits per heavy atom. The van der Waals surface area contributed by atoms with Crippen molar-refractivity contribution < 1.29 is 10.2 Å². The first-order valence-corrected chi connectivity index (χ1v) is 6.72. The average molecular weight is 270 g/mol. The van der Waals surface area contributed by atoms with Gasteiger partial charge in [-0.3, -0.25) is 0 Å². The van der Waals surface area contributed by atoms with Crippen LogP contribution in [0.4, 0.5) is 5.69 Å². The fourth-order valence-corrected chi connectivity index (χ4v) is 2.77. The van der Waals surface area contributed by atoms with Gasteiger partial charge >= 0.3 is 0 Å². The Morgan fingerprint density at radius 3 is 2.72 bits per heavy atom. The largest absolute Gasteiger partial charge is 0.389 e. The lowest BCUT2D eigenvalue weighted by atomic mass is 9.94. The number of anilines is 1. The minimum absolute atomic E-state index is 0.513. The zero-order chi connectivity index (χ0) is 13.3. The maximum absolute atomic E-state index is 10.1. The molecule has 1 saturated heterocycles. The molecule has 0 saturated carbocycles. The predicted octanol–water partition coefficient (Wildman–Crippen LogP) is 2.74. The molecular weight excluding hydrogens is 250 g/mol. The molecule has 1 unspecified atom stereocenters. The number of piperidine rings is 1. The zero-order valence-corrected chi connectivity index (χ0v) is 11.6. The summed E-state index contributed by atoms with van der Waals surface area (Å²) < 4.78 is 0. The zero-order valence-electron chi connectivity index (χ0n) is 10.9. The normalized spacial score (nSPS) is 26.2. The highest BCUT2D eigenvalue weighted by Crippen LogP contribution is 2.32. The molecule has 0 spiro atoms. The molecule has 2 N–H and O–H groups in total. The van der Waals surface area contributed by atoms with Crippen molar-refractivity contribution in [3.63, 3.8) is 0 Å². The van der Waals surface area contributed by atoms with E-state index < -0.39 is 11.7 Å². The van der Waals surface area contributed by atoms with Crippen molar-refractivity contribution in [2.45, 2.75) is 38.4 Å². The van der Waals surface area contributed by atoms with Crippen LogP contribution in [-0.4, -0.2) is 28.9 Å². The number of rotatable bonds is 2. The summed E-state index contributed by atoms with van der Waals surface area (Å²) >= 11 is 6.27. The van der Waals surface area contributed by atoms with Gasteiger partial charge in [-0.15, -0.1) is 0 Å². The number of benzene rings is 1. The van der Waals surface area contributed by atoms with E-state index in [1.165, 1.54) is 0 Å². The molecule has 0 aliphatic carbocycles. The van der Waals surface area contributed by atoms with E-state index in [2.05, 4.69) is 4.90 Å². The van der Waals surface area contributed by atoms with Crippen LogP contribution in [-0.2, 0) is 0 Å². The smallest absolute Gasteiger partial charge is 0.0794 e. The quantitative estimate of drug-likeness (QED) is 0.868. The Kier molecular flexibility index (Phi) is 3.85. The Morgan fingerprint density at radius 2 is 2.17 bits per heavy atom. The Labute approximate surface area is 113 Å². The molecule has 2 atom stereocenters. The Bertz CT molecular complexity index is 432. The SMILES string of the molecule is C[C@@H](O)c1ccc(N2CCCC(C)(O)C2)c(Cl)c1. The van der Waals surface area contributed by atoms with Crippen LogP contribution >= 0.6 is 11.6 Å². The lowest BCUT2D eigenvalue weighted by Crippen LogP contribution is -2.46. The third kappa shape index (κ3) is 2.97. The molecule has 100 valence electrons. The Balaban J connectivity index is 2.23. The molecule has 0 radical (unpaired) electrons. The fourth-order valence-electron chi connectivity index (χ4n) is 2.47. The van der Waals surface area contributed by atoms with Gasteiger partial charge in [0.15, 0.2) is 0 Å². The molecule has 18 heavy (non-hydrogen) atoms. The maximum Gasteiger partial charge on any atom is 0.0794 e. The lowest BCUT2D eigenvalue weighted by molar-refractivity contribution is 0.0449. The van der Waals surface area contributed by atoms with Crippen molar-refractivity contribution in [2.75, 3.05) is 18.0 Å². The second kappa shape index (κ2) is 5.08. The number of β-amino-alcohol motifs (C(OH)–C–C–N with tert-alkyl or cyclic N) is 1. The third-order valence-corrected chi connectivity index (χ3v) is 3.77. The van der Waals surface area contributed by atoms with Crippen molar-refractivity contribution in [1.29, 1.82) is 0 Å². The summed E-state index contributed by atoms with van der Waals surface area (Å²) in [5.41, 5.74) is 1.10. The van der Waals surface area contributed by atoms with Gasteiger partial charge in [0.25, 0.3) is 0 Å². The van der Waals surface area contributed by atoms with Crippen LogP contribution in [0.3, 0.4) is 0 Å². The van der Waals surface area contributed by atoms with Gasteiger partial charge in [0.2, 0.25) is 0 Å². The minimum Gasteiger partial charge on any atom is -0.389 e. The van der Waals surface area contributed by atoms with Crippen LogP contribution in [0.15, 0.2) is 18.2 Å². The van der Waals surface area contributed by atoms with Gasteiger partial charge in [0.1, 0.15) is 0 Å². The van der Waals surface area contributed by atoms with E-state index in [9.17, 15) is 10.2 Å². The van der Waals surface area contributed by atoms with E-state index in [1.54, 1.807) is 13.0 Å². The van der Waals surface area contributed by atoms with E-state index >= 15 is 0 Å². The number of hydrogen-bond donors (Lipinski definition) is 2. The summed E-state index contributed by atoms with van der Waals surface area (Å²) in [6.07, 6.45) is 1.27. The van der Waals surface area contributed by atoms with Crippen molar-refractivity contribution in [2.24, 2.45) is 0 Å². The van der Waals surface area contributed by atoms with Crippen molar-refractivity contribution in [1.82, 2.24) is 0 Å². The highest BCUT2D eigenvalue weighted by atomic mass is 35.5. The lowest BCUT2D eigenvalue weighted by Gasteiger charge is -2.38. The van der Waals surface area contributed by atoms with Crippen molar-refractivity contribution >= 4 is 17.3 Å².